The standard InChI is InChI=1S/C12H17N3S/c1-12(2,10-13)5-3-4-8-16-11-9-14-6-7-15-11/h6-7,9H,3-5,8H2,1-2H3. The van der Waals surface area contributed by atoms with Gasteiger partial charge in [0.2, 0.25) is 0 Å². The molecule has 0 saturated heterocycles. The van der Waals surface area contributed by atoms with E-state index >= 15 is 0 Å². The lowest BCUT2D eigenvalue weighted by Gasteiger charge is -2.13. The quantitative estimate of drug-likeness (QED) is 0.561. The maximum absolute atomic E-state index is 8.86. The first-order chi connectivity index (χ1) is 7.64. The van der Waals surface area contributed by atoms with Crippen molar-refractivity contribution in [3.8, 4) is 6.07 Å². The van der Waals surface area contributed by atoms with Crippen LogP contribution in [0.1, 0.15) is 33.1 Å². The lowest BCUT2D eigenvalue weighted by Crippen LogP contribution is -2.07. The highest BCUT2D eigenvalue weighted by Crippen LogP contribution is 2.23. The smallest absolute Gasteiger partial charge is 0.114 e. The Labute approximate surface area is 101 Å². The second-order valence-electron chi connectivity index (χ2n) is 4.34. The van der Waals surface area contributed by atoms with E-state index in [9.17, 15) is 0 Å². The van der Waals surface area contributed by atoms with Crippen LogP contribution < -0.4 is 0 Å². The second-order valence-corrected chi connectivity index (χ2v) is 5.46. The van der Waals surface area contributed by atoms with Crippen LogP contribution in [0.4, 0.5) is 0 Å². The Hall–Kier alpha value is -1.08. The predicted molar refractivity (Wildman–Crippen MR) is 66.0 cm³/mol. The fourth-order valence-electron chi connectivity index (χ4n) is 1.26. The number of nitriles is 1. The molecule has 0 saturated carbocycles. The molecule has 3 nitrogen and oxygen atoms in total. The van der Waals surface area contributed by atoms with Crippen LogP contribution in [0.25, 0.3) is 0 Å². The van der Waals surface area contributed by atoms with Crippen molar-refractivity contribution in [3.63, 3.8) is 0 Å². The minimum Gasteiger partial charge on any atom is -0.260 e. The third-order valence-corrected chi connectivity index (χ3v) is 3.29. The van der Waals surface area contributed by atoms with E-state index in [0.717, 1.165) is 30.0 Å². The van der Waals surface area contributed by atoms with Gasteiger partial charge in [-0.25, -0.2) is 4.98 Å². The maximum atomic E-state index is 8.86. The molecule has 0 bridgehead atoms. The molecule has 1 heterocycles. The molecular formula is C12H17N3S. The van der Waals surface area contributed by atoms with Crippen molar-refractivity contribution >= 4 is 11.8 Å². The van der Waals surface area contributed by atoms with Crippen LogP contribution in [0, 0.1) is 16.7 Å². The number of nitrogens with zero attached hydrogens (tertiary/aromatic N) is 3. The topological polar surface area (TPSA) is 49.6 Å². The average Bonchev–Trinajstić information content (AvgIpc) is 2.30. The number of thioether (sulfide) groups is 1. The number of unbranched alkanes of at least 4 members (excludes halogenated alkanes) is 1. The van der Waals surface area contributed by atoms with E-state index in [0.29, 0.717) is 0 Å². The number of rotatable bonds is 6. The van der Waals surface area contributed by atoms with Gasteiger partial charge in [-0.2, -0.15) is 5.26 Å². The summed E-state index contributed by atoms with van der Waals surface area (Å²) in [6.45, 7) is 3.98. The molecule has 0 aliphatic carbocycles. The molecule has 0 spiro atoms. The van der Waals surface area contributed by atoms with E-state index in [-0.39, 0.29) is 5.41 Å². The second kappa shape index (κ2) is 6.49. The number of aromatic nitrogens is 2. The molecule has 1 rings (SSSR count). The Morgan fingerprint density at radius 3 is 2.81 bits per heavy atom. The molecule has 0 amide bonds. The molecule has 0 fully saturated rings. The maximum Gasteiger partial charge on any atom is 0.114 e. The van der Waals surface area contributed by atoms with Gasteiger partial charge in [0.05, 0.1) is 17.7 Å². The molecule has 0 atom stereocenters. The van der Waals surface area contributed by atoms with Gasteiger partial charge in [0.15, 0.2) is 0 Å². The van der Waals surface area contributed by atoms with Crippen molar-refractivity contribution in [2.75, 3.05) is 5.75 Å². The molecule has 1 aromatic heterocycles. The molecule has 86 valence electrons. The van der Waals surface area contributed by atoms with Gasteiger partial charge in [-0.05, 0) is 32.4 Å². The molecule has 0 aliphatic rings. The first-order valence-electron chi connectivity index (χ1n) is 5.44. The number of hydrogen-bond donors (Lipinski definition) is 0. The van der Waals surface area contributed by atoms with E-state index in [2.05, 4.69) is 16.0 Å². The van der Waals surface area contributed by atoms with Gasteiger partial charge in [-0.15, -0.1) is 11.8 Å². The summed E-state index contributed by atoms with van der Waals surface area (Å²) >= 11 is 1.72. The third-order valence-electron chi connectivity index (χ3n) is 2.29. The molecule has 16 heavy (non-hydrogen) atoms. The van der Waals surface area contributed by atoms with Gasteiger partial charge in [0.1, 0.15) is 5.03 Å². The van der Waals surface area contributed by atoms with Gasteiger partial charge in [-0.3, -0.25) is 4.98 Å². The molecular weight excluding hydrogens is 218 g/mol. The monoisotopic (exact) mass is 235 g/mol. The van der Waals surface area contributed by atoms with E-state index in [4.69, 9.17) is 5.26 Å². The summed E-state index contributed by atoms with van der Waals surface area (Å²) in [6.07, 6.45) is 8.34. The fraction of sp³-hybridized carbons (Fsp3) is 0.583. The average molecular weight is 235 g/mol. The molecule has 0 aliphatic heterocycles. The Kier molecular flexibility index (Phi) is 5.27. The van der Waals surface area contributed by atoms with Crippen molar-refractivity contribution in [2.45, 2.75) is 38.1 Å². The van der Waals surface area contributed by atoms with Crippen molar-refractivity contribution < 1.29 is 0 Å². The van der Waals surface area contributed by atoms with Crippen LogP contribution in [0.5, 0.6) is 0 Å². The lowest BCUT2D eigenvalue weighted by molar-refractivity contribution is 0.433. The number of hydrogen-bond acceptors (Lipinski definition) is 4. The van der Waals surface area contributed by atoms with Gasteiger partial charge in [0.25, 0.3) is 0 Å². The highest BCUT2D eigenvalue weighted by molar-refractivity contribution is 7.99. The summed E-state index contributed by atoms with van der Waals surface area (Å²) in [5, 5.41) is 9.83. The molecule has 1 aromatic rings. The zero-order valence-electron chi connectivity index (χ0n) is 9.81. The van der Waals surface area contributed by atoms with E-state index in [1.165, 1.54) is 0 Å². The minimum absolute atomic E-state index is 0.183. The zero-order chi connectivity index (χ0) is 11.9. The fourth-order valence-corrected chi connectivity index (χ4v) is 2.09. The van der Waals surface area contributed by atoms with Crippen LogP contribution >= 0.6 is 11.8 Å². The van der Waals surface area contributed by atoms with Crippen molar-refractivity contribution in [1.82, 2.24) is 9.97 Å². The predicted octanol–water partition coefficient (Wildman–Crippen LogP) is 3.29. The van der Waals surface area contributed by atoms with Crippen LogP contribution in [0.3, 0.4) is 0 Å². The lowest BCUT2D eigenvalue weighted by atomic mass is 9.89. The van der Waals surface area contributed by atoms with Crippen LogP contribution in [0.15, 0.2) is 23.6 Å². The SMILES string of the molecule is CC(C)(C#N)CCCCSc1cnccn1. The van der Waals surface area contributed by atoms with Gasteiger partial charge < -0.3 is 0 Å². The Balaban J connectivity index is 2.12. The molecule has 0 aromatic carbocycles. The zero-order valence-corrected chi connectivity index (χ0v) is 10.6. The highest BCUT2D eigenvalue weighted by atomic mass is 32.2. The van der Waals surface area contributed by atoms with Gasteiger partial charge in [0, 0.05) is 12.4 Å². The Morgan fingerprint density at radius 1 is 1.38 bits per heavy atom. The van der Waals surface area contributed by atoms with Crippen molar-refractivity contribution in [1.29, 1.82) is 5.26 Å². The summed E-state index contributed by atoms with van der Waals surface area (Å²) in [6, 6.07) is 2.32. The molecule has 0 unspecified atom stereocenters. The minimum atomic E-state index is -0.183. The Morgan fingerprint density at radius 2 is 2.19 bits per heavy atom. The Bertz CT molecular complexity index is 343. The van der Waals surface area contributed by atoms with Crippen molar-refractivity contribution in [2.24, 2.45) is 5.41 Å². The summed E-state index contributed by atoms with van der Waals surface area (Å²) in [7, 11) is 0. The van der Waals surface area contributed by atoms with E-state index < -0.39 is 0 Å². The van der Waals surface area contributed by atoms with Gasteiger partial charge >= 0.3 is 0 Å². The van der Waals surface area contributed by atoms with Crippen molar-refractivity contribution in [3.05, 3.63) is 18.6 Å². The van der Waals surface area contributed by atoms with E-state index in [1.807, 2.05) is 13.8 Å². The summed E-state index contributed by atoms with van der Waals surface area (Å²) in [4.78, 5) is 8.20. The van der Waals surface area contributed by atoms with Crippen LogP contribution in [-0.4, -0.2) is 15.7 Å². The highest BCUT2D eigenvalue weighted by Gasteiger charge is 2.15. The summed E-state index contributed by atoms with van der Waals surface area (Å²) < 4.78 is 0. The largest absolute Gasteiger partial charge is 0.260 e. The van der Waals surface area contributed by atoms with Crippen LogP contribution in [-0.2, 0) is 0 Å². The first kappa shape index (κ1) is 13.0. The van der Waals surface area contributed by atoms with E-state index in [1.54, 1.807) is 30.4 Å². The molecule has 4 heteroatoms. The third kappa shape index (κ3) is 5.13. The van der Waals surface area contributed by atoms with Crippen LogP contribution in [0.2, 0.25) is 0 Å². The summed E-state index contributed by atoms with van der Waals surface area (Å²) in [5.41, 5.74) is -0.183. The van der Waals surface area contributed by atoms with Gasteiger partial charge in [-0.1, -0.05) is 6.42 Å². The molecule has 0 radical (unpaired) electrons. The molecule has 0 N–H and O–H groups in total. The summed E-state index contributed by atoms with van der Waals surface area (Å²) in [5.74, 6) is 1.04. The normalized spacial score (nSPS) is 11.1. The first-order valence-corrected chi connectivity index (χ1v) is 6.43.